The Bertz CT molecular complexity index is 1420. The number of sulfone groups is 1. The molecule has 4 N–H and O–H groups in total. The largest absolute Gasteiger partial charge is 0.388 e. The average molecular weight is 634 g/mol. The van der Waals surface area contributed by atoms with Crippen LogP contribution in [0.3, 0.4) is 0 Å². The number of ether oxygens (including phenoxy) is 1. The van der Waals surface area contributed by atoms with E-state index in [9.17, 15) is 37.8 Å². The molecule has 4 heterocycles. The summed E-state index contributed by atoms with van der Waals surface area (Å²) in [6.45, 7) is 0.954. The summed E-state index contributed by atoms with van der Waals surface area (Å²) in [5.41, 5.74) is 0.785. The summed E-state index contributed by atoms with van der Waals surface area (Å²) in [4.78, 5) is 59.0. The number of aliphatic hydroxyl groups is 2. The number of piperazine rings is 1. The van der Waals surface area contributed by atoms with Crippen LogP contribution in [0.25, 0.3) is 0 Å². The zero-order valence-electron chi connectivity index (χ0n) is 24.5. The number of rotatable bonds is 4. The van der Waals surface area contributed by atoms with Crippen LogP contribution in [0.4, 0.5) is 0 Å². The van der Waals surface area contributed by atoms with Crippen LogP contribution in [0, 0.1) is 5.92 Å². The second-order valence-corrected chi connectivity index (χ2v) is 14.6. The van der Waals surface area contributed by atoms with Gasteiger partial charge in [0.25, 0.3) is 0 Å². The van der Waals surface area contributed by atoms with E-state index in [0.29, 0.717) is 19.5 Å². The highest BCUT2D eigenvalue weighted by molar-refractivity contribution is 7.90. The zero-order valence-corrected chi connectivity index (χ0v) is 25.3. The van der Waals surface area contributed by atoms with Crippen LogP contribution >= 0.6 is 0 Å². The molecule has 1 aliphatic carbocycles. The van der Waals surface area contributed by atoms with Crippen LogP contribution in [0.15, 0.2) is 29.2 Å². The first-order valence-corrected chi connectivity index (χ1v) is 17.0. The second-order valence-electron chi connectivity index (χ2n) is 12.6. The normalized spacial score (nSPS) is 33.7. The summed E-state index contributed by atoms with van der Waals surface area (Å²) in [5, 5.41) is 26.8. The lowest BCUT2D eigenvalue weighted by Gasteiger charge is -2.42. The number of likely N-dealkylation sites (tertiary alicyclic amines) is 1. The maximum absolute atomic E-state index is 14.1. The molecule has 0 unspecified atom stereocenters. The van der Waals surface area contributed by atoms with Gasteiger partial charge in [-0.05, 0) is 37.0 Å². The van der Waals surface area contributed by atoms with Gasteiger partial charge < -0.3 is 35.4 Å². The van der Waals surface area contributed by atoms with Crippen LogP contribution in [0.1, 0.15) is 31.2 Å². The third-order valence-corrected chi connectivity index (χ3v) is 10.4. The van der Waals surface area contributed by atoms with Crippen molar-refractivity contribution in [2.45, 2.75) is 79.7 Å². The van der Waals surface area contributed by atoms with Crippen molar-refractivity contribution in [1.82, 2.24) is 25.3 Å². The van der Waals surface area contributed by atoms with Gasteiger partial charge in [0.15, 0.2) is 9.84 Å². The van der Waals surface area contributed by atoms with Crippen molar-refractivity contribution in [3.05, 3.63) is 29.8 Å². The molecule has 4 saturated heterocycles. The van der Waals surface area contributed by atoms with Crippen LogP contribution < -0.4 is 10.6 Å². The smallest absolute Gasteiger partial charge is 0.244 e. The van der Waals surface area contributed by atoms with Gasteiger partial charge >= 0.3 is 0 Å². The van der Waals surface area contributed by atoms with E-state index in [-0.39, 0.29) is 55.2 Å². The minimum absolute atomic E-state index is 0.00707. The van der Waals surface area contributed by atoms with E-state index in [1.807, 2.05) is 4.90 Å². The highest BCUT2D eigenvalue weighted by Gasteiger charge is 2.48. The van der Waals surface area contributed by atoms with Gasteiger partial charge in [0, 0.05) is 50.9 Å². The molecule has 1 aromatic rings. The molecule has 6 bridgehead atoms. The fourth-order valence-electron chi connectivity index (χ4n) is 6.71. The molecule has 14 nitrogen and oxygen atoms in total. The molecular weight excluding hydrogens is 594 g/mol. The lowest BCUT2D eigenvalue weighted by atomic mass is 10.0. The van der Waals surface area contributed by atoms with Crippen LogP contribution in [0.2, 0.25) is 0 Å². The van der Waals surface area contributed by atoms with Crippen molar-refractivity contribution in [3.8, 4) is 0 Å². The Morgan fingerprint density at radius 1 is 1.00 bits per heavy atom. The topological polar surface area (TPSA) is 186 Å². The Balaban J connectivity index is 1.27. The molecule has 7 atom stereocenters. The predicted octanol–water partition coefficient (Wildman–Crippen LogP) is -2.39. The number of hydrogen-bond donors (Lipinski definition) is 4. The van der Waals surface area contributed by atoms with Crippen molar-refractivity contribution in [2.24, 2.45) is 5.92 Å². The fourth-order valence-corrected chi connectivity index (χ4v) is 7.34. The molecule has 0 spiro atoms. The summed E-state index contributed by atoms with van der Waals surface area (Å²) in [5.74, 6) is -1.33. The molecule has 5 fully saturated rings. The first-order valence-electron chi connectivity index (χ1n) is 15.1. The van der Waals surface area contributed by atoms with Gasteiger partial charge in [-0.2, -0.15) is 0 Å². The van der Waals surface area contributed by atoms with Crippen molar-refractivity contribution < 1.29 is 42.5 Å². The first-order chi connectivity index (χ1) is 20.9. The SMILES string of the molecule is CS(=O)(=O)c1ccc(CN2C[C@@H]3C[C@H]2C(=O)N2CCN(C(=O)C4CC4)[C@@H](C2)C(=O)NC[C@H]2O[C@@H](CC(=O)N3)[C@H](O)[C@@H]2O)cc1. The average Bonchev–Trinajstić information content (AvgIpc) is 3.72. The molecular formula is C29H39N5O9S. The molecule has 15 heteroatoms. The van der Waals surface area contributed by atoms with E-state index >= 15 is 0 Å². The van der Waals surface area contributed by atoms with Crippen molar-refractivity contribution in [1.29, 1.82) is 0 Å². The number of amides is 4. The van der Waals surface area contributed by atoms with Gasteiger partial charge in [-0.25, -0.2) is 8.42 Å². The third-order valence-electron chi connectivity index (χ3n) is 9.32. The van der Waals surface area contributed by atoms with Crippen LogP contribution in [-0.4, -0.2) is 138 Å². The monoisotopic (exact) mass is 633 g/mol. The van der Waals surface area contributed by atoms with E-state index in [1.165, 1.54) is 12.1 Å². The quantitative estimate of drug-likeness (QED) is 0.279. The number of benzene rings is 1. The Labute approximate surface area is 255 Å². The van der Waals surface area contributed by atoms with E-state index in [2.05, 4.69) is 10.6 Å². The summed E-state index contributed by atoms with van der Waals surface area (Å²) in [7, 11) is -3.38. The number of carbonyl (C=O) groups is 4. The van der Waals surface area contributed by atoms with Gasteiger partial charge in [0.2, 0.25) is 23.6 Å². The highest BCUT2D eigenvalue weighted by Crippen LogP contribution is 2.33. The number of fused-ring (bicyclic) bond motifs is 6. The molecule has 1 saturated carbocycles. The lowest BCUT2D eigenvalue weighted by Crippen LogP contribution is -2.63. The van der Waals surface area contributed by atoms with Gasteiger partial charge in [0.1, 0.15) is 24.4 Å². The summed E-state index contributed by atoms with van der Waals surface area (Å²) in [6.07, 6.45) is -1.85. The molecule has 5 aliphatic rings. The summed E-state index contributed by atoms with van der Waals surface area (Å²) in [6, 6.07) is 4.46. The fraction of sp³-hybridized carbons (Fsp3) is 0.655. The van der Waals surface area contributed by atoms with Crippen LogP contribution in [0.5, 0.6) is 0 Å². The molecule has 6 rings (SSSR count). The highest BCUT2D eigenvalue weighted by atomic mass is 32.2. The van der Waals surface area contributed by atoms with Crippen molar-refractivity contribution >= 4 is 33.5 Å². The molecule has 4 amide bonds. The molecule has 44 heavy (non-hydrogen) atoms. The molecule has 240 valence electrons. The van der Waals surface area contributed by atoms with E-state index in [1.54, 1.807) is 21.9 Å². The number of nitrogens with zero attached hydrogens (tertiary/aromatic N) is 3. The minimum Gasteiger partial charge on any atom is -0.388 e. The Morgan fingerprint density at radius 3 is 2.39 bits per heavy atom. The molecule has 1 aromatic carbocycles. The predicted molar refractivity (Wildman–Crippen MR) is 153 cm³/mol. The summed E-state index contributed by atoms with van der Waals surface area (Å²) >= 11 is 0. The van der Waals surface area contributed by atoms with Gasteiger partial charge in [-0.15, -0.1) is 0 Å². The number of carbonyl (C=O) groups excluding carboxylic acids is 4. The Hall–Kier alpha value is -3.11. The first kappa shape index (κ1) is 30.9. The number of nitrogens with one attached hydrogen (secondary N) is 2. The molecule has 0 radical (unpaired) electrons. The van der Waals surface area contributed by atoms with E-state index in [0.717, 1.165) is 24.7 Å². The van der Waals surface area contributed by atoms with Crippen LogP contribution in [-0.2, 0) is 40.3 Å². The maximum atomic E-state index is 14.1. The third kappa shape index (κ3) is 6.33. The second kappa shape index (κ2) is 12.0. The van der Waals surface area contributed by atoms with Gasteiger partial charge in [-0.3, -0.25) is 24.1 Å². The van der Waals surface area contributed by atoms with Gasteiger partial charge in [-0.1, -0.05) is 12.1 Å². The Kier molecular flexibility index (Phi) is 8.43. The van der Waals surface area contributed by atoms with E-state index in [4.69, 9.17) is 4.74 Å². The van der Waals surface area contributed by atoms with Gasteiger partial charge in [0.05, 0.1) is 30.0 Å². The lowest BCUT2D eigenvalue weighted by molar-refractivity contribution is -0.151. The maximum Gasteiger partial charge on any atom is 0.244 e. The zero-order chi connectivity index (χ0) is 31.3. The van der Waals surface area contributed by atoms with E-state index < -0.39 is 64.2 Å². The molecule has 0 aromatic heterocycles. The number of hydrogen-bond acceptors (Lipinski definition) is 10. The standard InChI is InChI=1S/C29H39N5O9S/c1-44(41,42)19-6-2-16(3-7-19)13-33-14-18-10-20(33)29(40)32-8-9-34(28(39)17-4-5-17)21(15-32)27(38)30-12-23-26(37)25(36)22(43-23)11-24(35)31-18/h2-3,6-7,17-18,20-23,25-26,36-37H,4-5,8-15H2,1H3,(H,30,38)(H,31,35)/t18-,20-,21-,22-,23+,25-,26+/m0/s1. The Morgan fingerprint density at radius 2 is 1.70 bits per heavy atom. The van der Waals surface area contributed by atoms with Crippen molar-refractivity contribution in [2.75, 3.05) is 39.0 Å². The summed E-state index contributed by atoms with van der Waals surface area (Å²) < 4.78 is 29.6. The minimum atomic E-state index is -3.38. The number of aliphatic hydroxyl groups excluding tert-OH is 2. The van der Waals surface area contributed by atoms with Crippen molar-refractivity contribution in [3.63, 3.8) is 0 Å². The molecule has 4 aliphatic heterocycles.